The number of benzene rings is 2. The summed E-state index contributed by atoms with van der Waals surface area (Å²) >= 11 is 5.87. The standard InChI is InChI=1S/C16H17ClN2O/c1-11-6-8-13(9-7-11)12(2)18-16(20)19-15-5-3-4-14(17)10-15/h3-10,12H,1-2H3,(H2,18,19,20). The van der Waals surface area contributed by atoms with Crippen LogP contribution >= 0.6 is 11.6 Å². The summed E-state index contributed by atoms with van der Waals surface area (Å²) in [5.74, 6) is 0. The van der Waals surface area contributed by atoms with Gasteiger partial charge in [-0.25, -0.2) is 4.79 Å². The summed E-state index contributed by atoms with van der Waals surface area (Å²) in [6.45, 7) is 3.98. The van der Waals surface area contributed by atoms with Gasteiger partial charge in [-0.3, -0.25) is 0 Å². The number of carbonyl (C=O) groups is 1. The molecular formula is C16H17ClN2O. The van der Waals surface area contributed by atoms with Crippen molar-refractivity contribution in [3.63, 3.8) is 0 Å². The maximum absolute atomic E-state index is 11.9. The molecule has 20 heavy (non-hydrogen) atoms. The number of anilines is 1. The van der Waals surface area contributed by atoms with Crippen LogP contribution in [0.1, 0.15) is 24.1 Å². The smallest absolute Gasteiger partial charge is 0.319 e. The number of rotatable bonds is 3. The van der Waals surface area contributed by atoms with Crippen molar-refractivity contribution in [3.8, 4) is 0 Å². The first kappa shape index (κ1) is 14.4. The highest BCUT2D eigenvalue weighted by Gasteiger charge is 2.09. The third kappa shape index (κ3) is 4.00. The Morgan fingerprint density at radius 3 is 2.50 bits per heavy atom. The number of urea groups is 1. The van der Waals surface area contributed by atoms with Crippen LogP contribution in [0.3, 0.4) is 0 Å². The maximum atomic E-state index is 11.9. The van der Waals surface area contributed by atoms with Crippen LogP contribution in [-0.4, -0.2) is 6.03 Å². The largest absolute Gasteiger partial charge is 0.331 e. The predicted molar refractivity (Wildman–Crippen MR) is 83.2 cm³/mol. The molecule has 0 heterocycles. The first-order chi connectivity index (χ1) is 9.54. The van der Waals surface area contributed by atoms with E-state index in [1.54, 1.807) is 24.3 Å². The third-order valence-corrected chi connectivity index (χ3v) is 3.24. The second-order valence-corrected chi connectivity index (χ2v) is 5.18. The number of hydrogen-bond donors (Lipinski definition) is 2. The zero-order valence-corrected chi connectivity index (χ0v) is 12.2. The summed E-state index contributed by atoms with van der Waals surface area (Å²) in [7, 11) is 0. The molecule has 0 aromatic heterocycles. The van der Waals surface area contributed by atoms with Gasteiger partial charge in [-0.1, -0.05) is 47.5 Å². The van der Waals surface area contributed by atoms with Crippen LogP contribution in [0.15, 0.2) is 48.5 Å². The molecule has 0 spiro atoms. The third-order valence-electron chi connectivity index (χ3n) is 3.01. The van der Waals surface area contributed by atoms with E-state index < -0.39 is 0 Å². The van der Waals surface area contributed by atoms with E-state index in [1.165, 1.54) is 5.56 Å². The Labute approximate surface area is 124 Å². The molecule has 0 saturated carbocycles. The van der Waals surface area contributed by atoms with Crippen LogP contribution in [0.4, 0.5) is 10.5 Å². The van der Waals surface area contributed by atoms with E-state index in [9.17, 15) is 4.79 Å². The van der Waals surface area contributed by atoms with Gasteiger partial charge in [0.15, 0.2) is 0 Å². The molecule has 3 nitrogen and oxygen atoms in total. The molecule has 1 atom stereocenters. The monoisotopic (exact) mass is 288 g/mol. The topological polar surface area (TPSA) is 41.1 Å². The minimum atomic E-state index is -0.250. The van der Waals surface area contributed by atoms with Gasteiger partial charge in [-0.05, 0) is 37.6 Å². The lowest BCUT2D eigenvalue weighted by molar-refractivity contribution is 0.249. The number of carbonyl (C=O) groups excluding carboxylic acids is 1. The number of hydrogen-bond acceptors (Lipinski definition) is 1. The average molecular weight is 289 g/mol. The number of amides is 2. The van der Waals surface area contributed by atoms with Crippen LogP contribution in [0.2, 0.25) is 5.02 Å². The lowest BCUT2D eigenvalue weighted by Crippen LogP contribution is -2.31. The SMILES string of the molecule is Cc1ccc(C(C)NC(=O)Nc2cccc(Cl)c2)cc1. The van der Waals surface area contributed by atoms with E-state index >= 15 is 0 Å². The first-order valence-corrected chi connectivity index (χ1v) is 6.82. The van der Waals surface area contributed by atoms with Crippen molar-refractivity contribution < 1.29 is 4.79 Å². The number of aryl methyl sites for hydroxylation is 1. The van der Waals surface area contributed by atoms with E-state index in [0.29, 0.717) is 10.7 Å². The van der Waals surface area contributed by atoms with Gasteiger partial charge in [0, 0.05) is 10.7 Å². The molecule has 1 unspecified atom stereocenters. The Kier molecular flexibility index (Phi) is 4.64. The highest BCUT2D eigenvalue weighted by molar-refractivity contribution is 6.30. The molecular weight excluding hydrogens is 272 g/mol. The minimum absolute atomic E-state index is 0.0604. The molecule has 2 aromatic carbocycles. The Balaban J connectivity index is 1.95. The van der Waals surface area contributed by atoms with Crippen LogP contribution in [0.5, 0.6) is 0 Å². The average Bonchev–Trinajstić information content (AvgIpc) is 2.39. The van der Waals surface area contributed by atoms with Gasteiger partial charge >= 0.3 is 6.03 Å². The van der Waals surface area contributed by atoms with Gasteiger partial charge in [0.25, 0.3) is 0 Å². The van der Waals surface area contributed by atoms with E-state index in [4.69, 9.17) is 11.6 Å². The highest BCUT2D eigenvalue weighted by Crippen LogP contribution is 2.16. The predicted octanol–water partition coefficient (Wildman–Crippen LogP) is 4.53. The quantitative estimate of drug-likeness (QED) is 0.856. The van der Waals surface area contributed by atoms with Gasteiger partial charge in [0.2, 0.25) is 0 Å². The Bertz CT molecular complexity index is 596. The Morgan fingerprint density at radius 2 is 1.85 bits per heavy atom. The molecule has 0 saturated heterocycles. The summed E-state index contributed by atoms with van der Waals surface area (Å²) in [4.78, 5) is 11.9. The molecule has 104 valence electrons. The molecule has 2 aromatic rings. The molecule has 0 fully saturated rings. The van der Waals surface area contributed by atoms with Crippen LogP contribution in [0, 0.1) is 6.92 Å². The van der Waals surface area contributed by atoms with Crippen molar-refractivity contribution >= 4 is 23.3 Å². The minimum Gasteiger partial charge on any atom is -0.331 e. The molecule has 2 N–H and O–H groups in total. The fourth-order valence-electron chi connectivity index (χ4n) is 1.87. The molecule has 0 aliphatic carbocycles. The van der Waals surface area contributed by atoms with Gasteiger partial charge < -0.3 is 10.6 Å². The first-order valence-electron chi connectivity index (χ1n) is 6.44. The lowest BCUT2D eigenvalue weighted by atomic mass is 10.1. The summed E-state index contributed by atoms with van der Waals surface area (Å²) < 4.78 is 0. The van der Waals surface area contributed by atoms with Crippen molar-refractivity contribution in [1.82, 2.24) is 5.32 Å². The van der Waals surface area contributed by atoms with Crippen molar-refractivity contribution in [2.75, 3.05) is 5.32 Å². The molecule has 0 aliphatic rings. The highest BCUT2D eigenvalue weighted by atomic mass is 35.5. The van der Waals surface area contributed by atoms with Crippen LogP contribution in [-0.2, 0) is 0 Å². The van der Waals surface area contributed by atoms with Gasteiger partial charge in [-0.2, -0.15) is 0 Å². The van der Waals surface area contributed by atoms with Gasteiger partial charge in [-0.15, -0.1) is 0 Å². The Hall–Kier alpha value is -2.00. The van der Waals surface area contributed by atoms with E-state index in [0.717, 1.165) is 5.56 Å². The zero-order chi connectivity index (χ0) is 14.5. The second-order valence-electron chi connectivity index (χ2n) is 4.74. The number of halogens is 1. The van der Waals surface area contributed by atoms with E-state index in [-0.39, 0.29) is 12.1 Å². The van der Waals surface area contributed by atoms with Gasteiger partial charge in [0.1, 0.15) is 0 Å². The molecule has 0 bridgehead atoms. The van der Waals surface area contributed by atoms with Crippen molar-refractivity contribution in [3.05, 3.63) is 64.7 Å². The molecule has 4 heteroatoms. The lowest BCUT2D eigenvalue weighted by Gasteiger charge is -2.15. The van der Waals surface area contributed by atoms with Crippen molar-refractivity contribution in [2.24, 2.45) is 0 Å². The van der Waals surface area contributed by atoms with E-state index in [1.807, 2.05) is 38.1 Å². The normalized spacial score (nSPS) is 11.8. The Morgan fingerprint density at radius 1 is 1.15 bits per heavy atom. The van der Waals surface area contributed by atoms with E-state index in [2.05, 4.69) is 10.6 Å². The summed E-state index contributed by atoms with van der Waals surface area (Å²) in [6.07, 6.45) is 0. The molecule has 2 amide bonds. The van der Waals surface area contributed by atoms with Crippen LogP contribution < -0.4 is 10.6 Å². The van der Waals surface area contributed by atoms with Gasteiger partial charge in [0.05, 0.1) is 6.04 Å². The van der Waals surface area contributed by atoms with Crippen LogP contribution in [0.25, 0.3) is 0 Å². The number of nitrogens with one attached hydrogen (secondary N) is 2. The fraction of sp³-hybridized carbons (Fsp3) is 0.188. The maximum Gasteiger partial charge on any atom is 0.319 e. The fourth-order valence-corrected chi connectivity index (χ4v) is 2.06. The second kappa shape index (κ2) is 6.44. The summed E-state index contributed by atoms with van der Waals surface area (Å²) in [6, 6.07) is 14.8. The summed E-state index contributed by atoms with van der Waals surface area (Å²) in [5, 5.41) is 6.24. The zero-order valence-electron chi connectivity index (χ0n) is 11.5. The molecule has 2 rings (SSSR count). The summed E-state index contributed by atoms with van der Waals surface area (Å²) in [5.41, 5.74) is 2.94. The molecule has 0 radical (unpaired) electrons. The van der Waals surface area contributed by atoms with Crippen molar-refractivity contribution in [2.45, 2.75) is 19.9 Å². The molecule has 0 aliphatic heterocycles. The van der Waals surface area contributed by atoms with Crippen molar-refractivity contribution in [1.29, 1.82) is 0 Å².